The van der Waals surface area contributed by atoms with Gasteiger partial charge in [0.1, 0.15) is 0 Å². The number of hydrogen-bond acceptors (Lipinski definition) is 3. The van der Waals surface area contributed by atoms with E-state index in [0.717, 1.165) is 48.2 Å². The number of likely N-dealkylation sites (N-methyl/N-ethyl adjacent to an activating group) is 1. The Balaban J connectivity index is 2.24. The predicted octanol–water partition coefficient (Wildman–Crippen LogP) is 2.48. The van der Waals surface area contributed by atoms with Gasteiger partial charge in [-0.15, -0.1) is 0 Å². The van der Waals surface area contributed by atoms with Crippen molar-refractivity contribution in [3.05, 3.63) is 45.7 Å². The van der Waals surface area contributed by atoms with E-state index in [1.54, 1.807) is 0 Å². The lowest BCUT2D eigenvalue weighted by molar-refractivity contribution is 0.264. The molecule has 0 aliphatic rings. The van der Waals surface area contributed by atoms with E-state index >= 15 is 0 Å². The van der Waals surface area contributed by atoms with E-state index in [1.807, 2.05) is 32.2 Å². The van der Waals surface area contributed by atoms with Crippen molar-refractivity contribution in [3.63, 3.8) is 0 Å². The molecule has 0 bridgehead atoms. The lowest BCUT2D eigenvalue weighted by Gasteiger charge is -2.28. The van der Waals surface area contributed by atoms with Gasteiger partial charge in [-0.1, -0.05) is 26.0 Å². The number of aryl methyl sites for hydroxylation is 1. The van der Waals surface area contributed by atoms with E-state index in [0.29, 0.717) is 11.7 Å². The monoisotopic (exact) mass is 360 g/mol. The summed E-state index contributed by atoms with van der Waals surface area (Å²) in [6, 6.07) is 8.06. The molecule has 0 aliphatic heterocycles. The zero-order valence-electron chi connectivity index (χ0n) is 15.6. The van der Waals surface area contributed by atoms with Crippen molar-refractivity contribution in [3.8, 4) is 0 Å². The van der Waals surface area contributed by atoms with Crippen molar-refractivity contribution in [1.82, 2.24) is 20.1 Å². The number of pyridine rings is 1. The summed E-state index contributed by atoms with van der Waals surface area (Å²) in [5.41, 5.74) is 2.69. The lowest BCUT2D eigenvalue weighted by atomic mass is 10.1. The van der Waals surface area contributed by atoms with Gasteiger partial charge < -0.3 is 20.1 Å². The fraction of sp³-hybridized carbons (Fsp3) is 0.474. The number of hydrogen-bond donors (Lipinski definition) is 2. The number of rotatable bonds is 7. The van der Waals surface area contributed by atoms with Crippen LogP contribution in [0.3, 0.4) is 0 Å². The van der Waals surface area contributed by atoms with Crippen molar-refractivity contribution < 1.29 is 0 Å². The minimum atomic E-state index is -0.0511. The van der Waals surface area contributed by atoms with Gasteiger partial charge in [-0.05, 0) is 55.3 Å². The quantitative estimate of drug-likeness (QED) is 0.743. The molecule has 2 rings (SSSR count). The van der Waals surface area contributed by atoms with Gasteiger partial charge in [0.05, 0.1) is 6.54 Å². The number of aromatic amines is 1. The lowest BCUT2D eigenvalue weighted by Crippen LogP contribution is -2.43. The maximum Gasteiger partial charge on any atom is 0.253 e. The molecule has 0 amide bonds. The predicted molar refractivity (Wildman–Crippen MR) is 109 cm³/mol. The van der Waals surface area contributed by atoms with Crippen LogP contribution in [0.1, 0.15) is 25.0 Å². The van der Waals surface area contributed by atoms with Gasteiger partial charge in [0.25, 0.3) is 5.56 Å². The smallest absolute Gasteiger partial charge is 0.253 e. The van der Waals surface area contributed by atoms with Gasteiger partial charge in [-0.3, -0.25) is 4.79 Å². The Labute approximate surface area is 155 Å². The second-order valence-electron chi connectivity index (χ2n) is 6.22. The van der Waals surface area contributed by atoms with Crippen LogP contribution in [0.2, 0.25) is 0 Å². The molecule has 2 N–H and O–H groups in total. The standard InChI is InChI=1S/C19H28N4OS/c1-5-22(6-2)9-10-23(19(25)20-4)13-16-12-15-8-7-14(3)11-17(15)21-18(16)24/h7-8,11-12H,5-6,9-10,13H2,1-4H3,(H,20,25)(H,21,24). The van der Waals surface area contributed by atoms with Crippen molar-refractivity contribution in [2.24, 2.45) is 0 Å². The summed E-state index contributed by atoms with van der Waals surface area (Å²) in [5, 5.41) is 4.74. The first-order valence-corrected chi connectivity index (χ1v) is 9.20. The van der Waals surface area contributed by atoms with E-state index in [2.05, 4.69) is 40.0 Å². The largest absolute Gasteiger partial charge is 0.366 e. The highest BCUT2D eigenvalue weighted by Crippen LogP contribution is 2.14. The number of fused-ring (bicyclic) bond motifs is 1. The zero-order valence-corrected chi connectivity index (χ0v) is 16.4. The summed E-state index contributed by atoms with van der Waals surface area (Å²) in [7, 11) is 1.82. The van der Waals surface area contributed by atoms with Crippen LogP contribution in [-0.2, 0) is 6.54 Å². The van der Waals surface area contributed by atoms with Crippen molar-refractivity contribution >= 4 is 28.2 Å². The molecule has 6 heteroatoms. The van der Waals surface area contributed by atoms with Gasteiger partial charge in [0, 0.05) is 31.2 Å². The molecule has 1 aromatic heterocycles. The van der Waals surface area contributed by atoms with Crippen LogP contribution < -0.4 is 10.9 Å². The second kappa shape index (κ2) is 8.97. The molecule has 0 spiro atoms. The molecule has 0 aliphatic carbocycles. The topological polar surface area (TPSA) is 51.4 Å². The van der Waals surface area contributed by atoms with Crippen molar-refractivity contribution in [2.75, 3.05) is 33.2 Å². The molecule has 0 saturated heterocycles. The molecule has 0 unspecified atom stereocenters. The first-order chi connectivity index (χ1) is 12.0. The third kappa shape index (κ3) is 5.03. The first kappa shape index (κ1) is 19.4. The third-order valence-electron chi connectivity index (χ3n) is 4.52. The SMILES string of the molecule is CCN(CC)CCN(Cc1cc2ccc(C)cc2[nH]c1=O)C(=S)NC. The molecule has 0 atom stereocenters. The summed E-state index contributed by atoms with van der Waals surface area (Å²) in [4.78, 5) is 19.9. The van der Waals surface area contributed by atoms with E-state index < -0.39 is 0 Å². The van der Waals surface area contributed by atoms with Crippen LogP contribution >= 0.6 is 12.2 Å². The minimum absolute atomic E-state index is 0.0511. The van der Waals surface area contributed by atoms with Gasteiger partial charge in [-0.25, -0.2) is 0 Å². The molecule has 2 aromatic rings. The van der Waals surface area contributed by atoms with Crippen LogP contribution in [0.25, 0.3) is 10.9 Å². The second-order valence-corrected chi connectivity index (χ2v) is 6.60. The molecule has 136 valence electrons. The van der Waals surface area contributed by atoms with Crippen LogP contribution in [-0.4, -0.2) is 53.1 Å². The zero-order chi connectivity index (χ0) is 18.4. The number of benzene rings is 1. The number of nitrogens with zero attached hydrogens (tertiary/aromatic N) is 2. The van der Waals surface area contributed by atoms with E-state index in [9.17, 15) is 4.79 Å². The van der Waals surface area contributed by atoms with Gasteiger partial charge >= 0.3 is 0 Å². The Kier molecular flexibility index (Phi) is 6.96. The number of thiocarbonyl (C=S) groups is 1. The third-order valence-corrected chi connectivity index (χ3v) is 4.98. The molecular weight excluding hydrogens is 332 g/mol. The average molecular weight is 361 g/mol. The van der Waals surface area contributed by atoms with E-state index in [-0.39, 0.29) is 5.56 Å². The fourth-order valence-corrected chi connectivity index (χ4v) is 3.05. The van der Waals surface area contributed by atoms with Gasteiger partial charge in [-0.2, -0.15) is 0 Å². The molecule has 1 heterocycles. The van der Waals surface area contributed by atoms with Gasteiger partial charge in [0.15, 0.2) is 5.11 Å². The van der Waals surface area contributed by atoms with E-state index in [1.165, 1.54) is 0 Å². The number of H-pyrrole nitrogens is 1. The maximum atomic E-state index is 12.5. The average Bonchev–Trinajstić information content (AvgIpc) is 2.61. The Bertz CT molecular complexity index is 783. The highest BCUT2D eigenvalue weighted by atomic mass is 32.1. The number of aromatic nitrogens is 1. The molecule has 25 heavy (non-hydrogen) atoms. The molecule has 0 radical (unpaired) electrons. The normalized spacial score (nSPS) is 11.1. The fourth-order valence-electron chi connectivity index (χ4n) is 2.90. The molecule has 0 fully saturated rings. The van der Waals surface area contributed by atoms with Gasteiger partial charge in [0.2, 0.25) is 0 Å². The Hall–Kier alpha value is -1.92. The maximum absolute atomic E-state index is 12.5. The Morgan fingerprint density at radius 3 is 2.56 bits per heavy atom. The molecule has 0 saturated carbocycles. The molecular formula is C19H28N4OS. The Morgan fingerprint density at radius 1 is 1.20 bits per heavy atom. The number of nitrogens with one attached hydrogen (secondary N) is 2. The summed E-state index contributed by atoms with van der Waals surface area (Å²) in [6.45, 7) is 10.5. The molecule has 1 aromatic carbocycles. The highest BCUT2D eigenvalue weighted by molar-refractivity contribution is 7.80. The minimum Gasteiger partial charge on any atom is -0.366 e. The van der Waals surface area contributed by atoms with Crippen molar-refractivity contribution in [1.29, 1.82) is 0 Å². The highest BCUT2D eigenvalue weighted by Gasteiger charge is 2.13. The van der Waals surface area contributed by atoms with Crippen LogP contribution in [0.5, 0.6) is 0 Å². The van der Waals surface area contributed by atoms with Crippen LogP contribution in [0.15, 0.2) is 29.1 Å². The summed E-state index contributed by atoms with van der Waals surface area (Å²) < 4.78 is 0. The molecule has 5 nitrogen and oxygen atoms in total. The summed E-state index contributed by atoms with van der Waals surface area (Å²) >= 11 is 5.44. The summed E-state index contributed by atoms with van der Waals surface area (Å²) in [6.07, 6.45) is 0. The summed E-state index contributed by atoms with van der Waals surface area (Å²) in [5.74, 6) is 0. The van der Waals surface area contributed by atoms with Crippen LogP contribution in [0.4, 0.5) is 0 Å². The van der Waals surface area contributed by atoms with Crippen LogP contribution in [0, 0.1) is 6.92 Å². The first-order valence-electron chi connectivity index (χ1n) is 8.80. The van der Waals surface area contributed by atoms with Crippen molar-refractivity contribution in [2.45, 2.75) is 27.3 Å². The van der Waals surface area contributed by atoms with E-state index in [4.69, 9.17) is 12.2 Å². The Morgan fingerprint density at radius 2 is 1.92 bits per heavy atom.